The number of nitrogens with zero attached hydrogens (tertiary/aromatic N) is 3. The van der Waals surface area contributed by atoms with Gasteiger partial charge in [0, 0.05) is 39.2 Å². The first-order valence-electron chi connectivity index (χ1n) is 9.03. The van der Waals surface area contributed by atoms with Gasteiger partial charge in [0.25, 0.3) is 5.91 Å². The number of piperidine rings is 1. The molecule has 0 bridgehead atoms. The number of fused-ring (bicyclic) bond motifs is 1. The Morgan fingerprint density at radius 2 is 2.16 bits per heavy atom. The van der Waals surface area contributed by atoms with Crippen molar-refractivity contribution in [3.63, 3.8) is 0 Å². The van der Waals surface area contributed by atoms with Crippen LogP contribution in [0, 0.1) is 19.8 Å². The van der Waals surface area contributed by atoms with E-state index < -0.39 is 0 Å². The van der Waals surface area contributed by atoms with E-state index in [1.165, 1.54) is 0 Å². The number of ether oxygens (including phenoxy) is 1. The first kappa shape index (κ1) is 17.9. The molecule has 0 N–H and O–H groups in total. The molecule has 7 heteroatoms. The quantitative estimate of drug-likeness (QED) is 0.828. The van der Waals surface area contributed by atoms with Crippen molar-refractivity contribution in [3.8, 4) is 0 Å². The fourth-order valence-electron chi connectivity index (χ4n) is 4.17. The molecular weight excluding hydrogens is 322 g/mol. The van der Waals surface area contributed by atoms with Crippen molar-refractivity contribution in [3.05, 3.63) is 17.0 Å². The SMILES string of the molecule is COCCN1C(=O)CCC[C@H]2CN(C(=O)c3c(C)noc3C)CC[C@H]21. The molecule has 1 aromatic rings. The molecule has 0 aromatic carbocycles. The number of carbonyl (C=O) groups excluding carboxylic acids is 2. The Kier molecular flexibility index (Phi) is 5.42. The van der Waals surface area contributed by atoms with Gasteiger partial charge >= 0.3 is 0 Å². The van der Waals surface area contributed by atoms with Crippen LogP contribution in [0.15, 0.2) is 4.52 Å². The van der Waals surface area contributed by atoms with E-state index in [1.54, 1.807) is 21.0 Å². The van der Waals surface area contributed by atoms with Crippen molar-refractivity contribution in [2.24, 2.45) is 5.92 Å². The maximum atomic E-state index is 12.9. The first-order chi connectivity index (χ1) is 12.0. The van der Waals surface area contributed by atoms with Gasteiger partial charge in [-0.05, 0) is 39.0 Å². The maximum Gasteiger partial charge on any atom is 0.259 e. The van der Waals surface area contributed by atoms with Crippen LogP contribution in [-0.4, -0.2) is 66.2 Å². The lowest BCUT2D eigenvalue weighted by Gasteiger charge is -2.42. The molecular formula is C18H27N3O4. The van der Waals surface area contributed by atoms with Gasteiger partial charge in [-0.2, -0.15) is 0 Å². The van der Waals surface area contributed by atoms with Crippen LogP contribution in [0.25, 0.3) is 0 Å². The molecule has 2 aliphatic heterocycles. The van der Waals surface area contributed by atoms with Crippen LogP contribution < -0.4 is 0 Å². The number of carbonyl (C=O) groups is 2. The summed E-state index contributed by atoms with van der Waals surface area (Å²) >= 11 is 0. The summed E-state index contributed by atoms with van der Waals surface area (Å²) in [5, 5.41) is 3.89. The van der Waals surface area contributed by atoms with Crippen molar-refractivity contribution < 1.29 is 18.8 Å². The largest absolute Gasteiger partial charge is 0.383 e. The van der Waals surface area contributed by atoms with E-state index in [0.717, 1.165) is 19.3 Å². The molecule has 2 fully saturated rings. The number of hydrogen-bond donors (Lipinski definition) is 0. The summed E-state index contributed by atoms with van der Waals surface area (Å²) < 4.78 is 10.3. The number of amides is 2. The van der Waals surface area contributed by atoms with E-state index >= 15 is 0 Å². The fourth-order valence-corrected chi connectivity index (χ4v) is 4.17. The van der Waals surface area contributed by atoms with Crippen molar-refractivity contribution in [2.75, 3.05) is 33.4 Å². The lowest BCUT2D eigenvalue weighted by Crippen LogP contribution is -2.53. The molecule has 2 saturated heterocycles. The van der Waals surface area contributed by atoms with Gasteiger partial charge in [0.15, 0.2) is 0 Å². The molecule has 2 aliphatic rings. The molecule has 3 heterocycles. The minimum Gasteiger partial charge on any atom is -0.383 e. The molecule has 7 nitrogen and oxygen atoms in total. The second-order valence-electron chi connectivity index (χ2n) is 7.04. The first-order valence-corrected chi connectivity index (χ1v) is 9.03. The monoisotopic (exact) mass is 349 g/mol. The van der Waals surface area contributed by atoms with E-state index in [4.69, 9.17) is 9.26 Å². The van der Waals surface area contributed by atoms with Crippen molar-refractivity contribution >= 4 is 11.8 Å². The Labute approximate surface area is 148 Å². The predicted molar refractivity (Wildman–Crippen MR) is 91.2 cm³/mol. The molecule has 1 aromatic heterocycles. The second-order valence-corrected chi connectivity index (χ2v) is 7.04. The third-order valence-corrected chi connectivity index (χ3v) is 5.45. The zero-order valence-electron chi connectivity index (χ0n) is 15.3. The van der Waals surface area contributed by atoms with Gasteiger partial charge in [-0.3, -0.25) is 9.59 Å². The highest BCUT2D eigenvalue weighted by Gasteiger charge is 2.39. The smallest absolute Gasteiger partial charge is 0.259 e. The lowest BCUT2D eigenvalue weighted by atomic mass is 9.88. The number of aromatic nitrogens is 1. The van der Waals surface area contributed by atoms with Crippen LogP contribution in [0.3, 0.4) is 0 Å². The molecule has 3 rings (SSSR count). The molecule has 0 aliphatic carbocycles. The van der Waals surface area contributed by atoms with Crippen LogP contribution in [0.4, 0.5) is 0 Å². The topological polar surface area (TPSA) is 75.9 Å². The summed E-state index contributed by atoms with van der Waals surface area (Å²) in [5.41, 5.74) is 1.22. The Morgan fingerprint density at radius 1 is 1.36 bits per heavy atom. The van der Waals surface area contributed by atoms with Crippen molar-refractivity contribution in [1.29, 1.82) is 0 Å². The zero-order valence-corrected chi connectivity index (χ0v) is 15.3. The van der Waals surface area contributed by atoms with Crippen molar-refractivity contribution in [1.82, 2.24) is 15.0 Å². The number of likely N-dealkylation sites (tertiary alicyclic amines) is 2. The molecule has 0 spiro atoms. The van der Waals surface area contributed by atoms with Gasteiger partial charge in [-0.25, -0.2) is 0 Å². The van der Waals surface area contributed by atoms with Gasteiger partial charge in [-0.1, -0.05) is 5.16 Å². The Balaban J connectivity index is 1.74. The van der Waals surface area contributed by atoms with E-state index in [2.05, 4.69) is 5.16 Å². The molecule has 2 amide bonds. The van der Waals surface area contributed by atoms with E-state index in [1.807, 2.05) is 9.80 Å². The van der Waals surface area contributed by atoms with E-state index in [9.17, 15) is 9.59 Å². The Bertz CT molecular complexity index is 623. The third kappa shape index (κ3) is 3.56. The lowest BCUT2D eigenvalue weighted by molar-refractivity contribution is -0.135. The highest BCUT2D eigenvalue weighted by molar-refractivity contribution is 5.96. The summed E-state index contributed by atoms with van der Waals surface area (Å²) in [5.74, 6) is 1.10. The Hall–Kier alpha value is -1.89. The van der Waals surface area contributed by atoms with Crippen LogP contribution in [-0.2, 0) is 9.53 Å². The van der Waals surface area contributed by atoms with Crippen LogP contribution >= 0.6 is 0 Å². The number of aryl methyl sites for hydroxylation is 2. The summed E-state index contributed by atoms with van der Waals surface area (Å²) in [4.78, 5) is 29.2. The fraction of sp³-hybridized carbons (Fsp3) is 0.722. The van der Waals surface area contributed by atoms with Crippen LogP contribution in [0.1, 0.15) is 47.5 Å². The van der Waals surface area contributed by atoms with Gasteiger partial charge in [0.2, 0.25) is 5.91 Å². The summed E-state index contributed by atoms with van der Waals surface area (Å²) in [7, 11) is 1.66. The minimum absolute atomic E-state index is 0.00582. The number of hydrogen-bond acceptors (Lipinski definition) is 5. The molecule has 138 valence electrons. The van der Waals surface area contributed by atoms with E-state index in [0.29, 0.717) is 55.6 Å². The summed E-state index contributed by atoms with van der Waals surface area (Å²) in [6, 6.07) is 0.207. The number of methoxy groups -OCH3 is 1. The maximum absolute atomic E-state index is 12.9. The minimum atomic E-state index is -0.00582. The average Bonchev–Trinajstić information content (AvgIpc) is 2.84. The third-order valence-electron chi connectivity index (χ3n) is 5.45. The molecule has 0 radical (unpaired) electrons. The highest BCUT2D eigenvalue weighted by atomic mass is 16.5. The average molecular weight is 349 g/mol. The van der Waals surface area contributed by atoms with Gasteiger partial charge in [-0.15, -0.1) is 0 Å². The molecule has 25 heavy (non-hydrogen) atoms. The zero-order chi connectivity index (χ0) is 18.0. The molecule has 2 atom stereocenters. The normalized spacial score (nSPS) is 24.2. The summed E-state index contributed by atoms with van der Waals surface area (Å²) in [6.45, 7) is 6.10. The standard InChI is InChI=1S/C18H27N3O4/c1-12-17(13(2)25-19-12)18(23)20-8-7-15-14(11-20)5-4-6-16(22)21(15)9-10-24-3/h14-15H,4-11H2,1-3H3/t14-,15+/m0/s1. The van der Waals surface area contributed by atoms with Gasteiger partial charge < -0.3 is 19.1 Å². The van der Waals surface area contributed by atoms with Crippen LogP contribution in [0.5, 0.6) is 0 Å². The predicted octanol–water partition coefficient (Wildman–Crippen LogP) is 1.78. The van der Waals surface area contributed by atoms with Gasteiger partial charge in [0.05, 0.1) is 12.3 Å². The highest BCUT2D eigenvalue weighted by Crippen LogP contribution is 2.31. The Morgan fingerprint density at radius 3 is 2.84 bits per heavy atom. The van der Waals surface area contributed by atoms with Crippen molar-refractivity contribution in [2.45, 2.75) is 45.6 Å². The molecule has 0 saturated carbocycles. The molecule has 0 unspecified atom stereocenters. The van der Waals surface area contributed by atoms with E-state index in [-0.39, 0.29) is 17.9 Å². The second kappa shape index (κ2) is 7.56. The van der Waals surface area contributed by atoms with Crippen LogP contribution in [0.2, 0.25) is 0 Å². The summed E-state index contributed by atoms with van der Waals surface area (Å²) in [6.07, 6.45) is 3.27. The number of rotatable bonds is 4. The van der Waals surface area contributed by atoms with Gasteiger partial charge in [0.1, 0.15) is 11.3 Å².